The quantitative estimate of drug-likeness (QED) is 0.498. The lowest BCUT2D eigenvalue weighted by Crippen LogP contribution is -2.51. The molecule has 0 spiro atoms. The van der Waals surface area contributed by atoms with Gasteiger partial charge in [-0.15, -0.1) is 6.58 Å². The van der Waals surface area contributed by atoms with E-state index in [0.29, 0.717) is 10.8 Å². The molecule has 3 aliphatic carbocycles. The van der Waals surface area contributed by atoms with Crippen LogP contribution >= 0.6 is 0 Å². The fourth-order valence-corrected chi connectivity index (χ4v) is 6.20. The first kappa shape index (κ1) is 16.1. The van der Waals surface area contributed by atoms with Gasteiger partial charge >= 0.3 is 0 Å². The third-order valence-corrected chi connectivity index (χ3v) is 7.87. The first-order chi connectivity index (χ1) is 10.3. The maximum absolute atomic E-state index is 4.39. The zero-order valence-electron chi connectivity index (χ0n) is 15.2. The normalized spacial score (nSPS) is 47.9. The van der Waals surface area contributed by atoms with Crippen molar-refractivity contribution in [3.63, 3.8) is 0 Å². The van der Waals surface area contributed by atoms with E-state index in [9.17, 15) is 0 Å². The van der Waals surface area contributed by atoms with E-state index < -0.39 is 0 Å². The zero-order valence-corrected chi connectivity index (χ0v) is 15.2. The average Bonchev–Trinajstić information content (AvgIpc) is 2.46. The molecule has 0 aromatic rings. The smallest absolute Gasteiger partial charge is 0.00330 e. The largest absolute Gasteiger partial charge is 0.102 e. The van der Waals surface area contributed by atoms with Gasteiger partial charge in [-0.1, -0.05) is 57.1 Å². The Labute approximate surface area is 137 Å². The van der Waals surface area contributed by atoms with E-state index in [1.807, 2.05) is 0 Å². The van der Waals surface area contributed by atoms with Crippen molar-refractivity contribution in [2.45, 2.75) is 72.6 Å². The summed E-state index contributed by atoms with van der Waals surface area (Å²) in [5, 5.41) is 0. The monoisotopic (exact) mass is 298 g/mol. The predicted molar refractivity (Wildman–Crippen MR) is 96.7 cm³/mol. The lowest BCUT2D eigenvalue weighted by Gasteiger charge is -2.60. The Morgan fingerprint density at radius 2 is 1.91 bits per heavy atom. The van der Waals surface area contributed by atoms with Crippen LogP contribution in [0.4, 0.5) is 0 Å². The van der Waals surface area contributed by atoms with E-state index in [2.05, 4.69) is 53.0 Å². The minimum absolute atomic E-state index is 0.237. The lowest BCUT2D eigenvalue weighted by atomic mass is 9.44. The molecule has 0 nitrogen and oxygen atoms in total. The van der Waals surface area contributed by atoms with Crippen LogP contribution in [0.2, 0.25) is 0 Å². The highest BCUT2D eigenvalue weighted by Gasteiger charge is 2.55. The first-order valence-electron chi connectivity index (χ1n) is 9.26. The van der Waals surface area contributed by atoms with Gasteiger partial charge in [-0.25, -0.2) is 0 Å². The molecule has 0 aromatic heterocycles. The van der Waals surface area contributed by atoms with Gasteiger partial charge in [-0.2, -0.15) is 0 Å². The van der Waals surface area contributed by atoms with Crippen LogP contribution in [-0.4, -0.2) is 0 Å². The molecule has 0 radical (unpaired) electrons. The third-order valence-electron chi connectivity index (χ3n) is 7.87. The second-order valence-corrected chi connectivity index (χ2v) is 9.17. The highest BCUT2D eigenvalue weighted by Crippen LogP contribution is 2.65. The van der Waals surface area contributed by atoms with Crippen molar-refractivity contribution in [1.82, 2.24) is 0 Å². The van der Waals surface area contributed by atoms with E-state index in [0.717, 1.165) is 11.8 Å². The molecule has 2 saturated carbocycles. The van der Waals surface area contributed by atoms with E-state index in [4.69, 9.17) is 0 Å². The van der Waals surface area contributed by atoms with Crippen molar-refractivity contribution in [2.24, 2.45) is 28.1 Å². The fraction of sp³-hybridized carbons (Fsp3) is 0.727. The summed E-state index contributed by atoms with van der Waals surface area (Å²) < 4.78 is 0. The SMILES string of the molecule is C=CC1(C)C=C2CCC3C(C)(C(=C)C)CCCC3(C)C2CC1. The van der Waals surface area contributed by atoms with Crippen LogP contribution in [0.5, 0.6) is 0 Å². The number of rotatable bonds is 2. The van der Waals surface area contributed by atoms with Crippen LogP contribution < -0.4 is 0 Å². The summed E-state index contributed by atoms with van der Waals surface area (Å²) in [5.74, 6) is 1.62. The lowest BCUT2D eigenvalue weighted by molar-refractivity contribution is -0.0501. The molecule has 2 fully saturated rings. The van der Waals surface area contributed by atoms with Crippen molar-refractivity contribution < 1.29 is 0 Å². The molecule has 5 unspecified atom stereocenters. The van der Waals surface area contributed by atoms with Gasteiger partial charge in [0.05, 0.1) is 0 Å². The van der Waals surface area contributed by atoms with E-state index in [-0.39, 0.29) is 5.41 Å². The molecule has 0 heteroatoms. The van der Waals surface area contributed by atoms with Crippen molar-refractivity contribution in [2.75, 3.05) is 0 Å². The van der Waals surface area contributed by atoms with Crippen LogP contribution in [0.3, 0.4) is 0 Å². The van der Waals surface area contributed by atoms with E-state index in [1.54, 1.807) is 5.57 Å². The number of allylic oxidation sites excluding steroid dienone is 4. The van der Waals surface area contributed by atoms with Gasteiger partial charge in [0.1, 0.15) is 0 Å². The Balaban J connectivity index is 1.99. The third kappa shape index (κ3) is 2.17. The van der Waals surface area contributed by atoms with Gasteiger partial charge in [0.2, 0.25) is 0 Å². The summed E-state index contributed by atoms with van der Waals surface area (Å²) in [4.78, 5) is 0. The first-order valence-corrected chi connectivity index (χ1v) is 9.26. The van der Waals surface area contributed by atoms with Gasteiger partial charge in [0.15, 0.2) is 0 Å². The molecule has 22 heavy (non-hydrogen) atoms. The van der Waals surface area contributed by atoms with Gasteiger partial charge in [-0.05, 0) is 68.1 Å². The highest BCUT2D eigenvalue weighted by molar-refractivity contribution is 5.28. The standard InChI is InChI=1S/C22H34/c1-7-20(4)14-11-18-17(15-20)9-10-19-21(5,16(2)3)12-8-13-22(18,19)6/h7,15,18-19H,1-2,8-14H2,3-6H3. The molecular weight excluding hydrogens is 264 g/mol. The van der Waals surface area contributed by atoms with Crippen molar-refractivity contribution in [3.05, 3.63) is 36.5 Å². The van der Waals surface area contributed by atoms with Crippen LogP contribution in [0.1, 0.15) is 72.6 Å². The zero-order chi connectivity index (χ0) is 16.2. The van der Waals surface area contributed by atoms with Crippen LogP contribution in [0.25, 0.3) is 0 Å². The maximum Gasteiger partial charge on any atom is 0.00330 e. The Bertz CT molecular complexity index is 524. The highest BCUT2D eigenvalue weighted by atomic mass is 14.6. The van der Waals surface area contributed by atoms with Crippen molar-refractivity contribution in [1.29, 1.82) is 0 Å². The van der Waals surface area contributed by atoms with Crippen molar-refractivity contribution in [3.8, 4) is 0 Å². The molecule has 0 saturated heterocycles. The van der Waals surface area contributed by atoms with E-state index in [1.165, 1.54) is 50.5 Å². The molecular formula is C22H34. The van der Waals surface area contributed by atoms with E-state index >= 15 is 0 Å². The second kappa shape index (κ2) is 5.11. The predicted octanol–water partition coefficient (Wildman–Crippen LogP) is 6.70. The van der Waals surface area contributed by atoms with Crippen LogP contribution in [0.15, 0.2) is 36.5 Å². The molecule has 0 heterocycles. The fourth-order valence-electron chi connectivity index (χ4n) is 6.20. The molecule has 0 N–H and O–H groups in total. The molecule has 0 aliphatic heterocycles. The van der Waals surface area contributed by atoms with Gasteiger partial charge in [0.25, 0.3) is 0 Å². The summed E-state index contributed by atoms with van der Waals surface area (Å²) in [6.07, 6.45) is 14.2. The molecule has 0 bridgehead atoms. The number of hydrogen-bond donors (Lipinski definition) is 0. The van der Waals surface area contributed by atoms with Crippen LogP contribution in [-0.2, 0) is 0 Å². The molecule has 3 aliphatic rings. The van der Waals surface area contributed by atoms with Crippen molar-refractivity contribution >= 4 is 0 Å². The number of fused-ring (bicyclic) bond motifs is 3. The molecule has 0 amide bonds. The topological polar surface area (TPSA) is 0 Å². The summed E-state index contributed by atoms with van der Waals surface area (Å²) in [5.41, 5.74) is 4.25. The molecule has 5 atom stereocenters. The number of hydrogen-bond acceptors (Lipinski definition) is 0. The second-order valence-electron chi connectivity index (χ2n) is 9.17. The molecule has 0 aromatic carbocycles. The average molecular weight is 299 g/mol. The van der Waals surface area contributed by atoms with Gasteiger partial charge < -0.3 is 0 Å². The summed E-state index contributed by atoms with van der Waals surface area (Å²) >= 11 is 0. The molecule has 3 rings (SSSR count). The Morgan fingerprint density at radius 3 is 2.55 bits per heavy atom. The Hall–Kier alpha value is -0.780. The van der Waals surface area contributed by atoms with Crippen LogP contribution in [0, 0.1) is 28.1 Å². The molecule has 122 valence electrons. The summed E-state index contributed by atoms with van der Waals surface area (Å²) in [6, 6.07) is 0. The minimum atomic E-state index is 0.237. The minimum Gasteiger partial charge on any atom is -0.102 e. The maximum atomic E-state index is 4.39. The summed E-state index contributed by atoms with van der Waals surface area (Å²) in [7, 11) is 0. The summed E-state index contributed by atoms with van der Waals surface area (Å²) in [6.45, 7) is 18.2. The Morgan fingerprint density at radius 1 is 1.18 bits per heavy atom. The van der Waals surface area contributed by atoms with Gasteiger partial charge in [-0.3, -0.25) is 0 Å². The van der Waals surface area contributed by atoms with Gasteiger partial charge in [0, 0.05) is 5.41 Å². The Kier molecular flexibility index (Phi) is 3.74.